The largest absolute Gasteiger partial charge is 0.458 e. The van der Waals surface area contributed by atoms with Crippen LogP contribution in [0.3, 0.4) is 0 Å². The second-order valence-corrected chi connectivity index (χ2v) is 9.29. The van der Waals surface area contributed by atoms with Crippen LogP contribution in [0.25, 0.3) is 0 Å². The Bertz CT molecular complexity index is 727. The molecule has 29 heavy (non-hydrogen) atoms. The average Bonchev–Trinajstić information content (AvgIpc) is 3.09. The zero-order valence-electron chi connectivity index (χ0n) is 18.4. The standard InChI is InChI=1S/C21H34N4O4/c1-13(2)11-15(20(28)29-21(4,5)6)24-18(26)16-17(23-12-22-16)19(27)25-9-7-14(3)8-10-25/h12-15H,7-11H2,1-6H3,(H,22,23)(H,24,26). The summed E-state index contributed by atoms with van der Waals surface area (Å²) in [5, 5.41) is 2.71. The van der Waals surface area contributed by atoms with Crippen LogP contribution in [0.2, 0.25) is 0 Å². The van der Waals surface area contributed by atoms with Crippen LogP contribution in [0.5, 0.6) is 0 Å². The van der Waals surface area contributed by atoms with E-state index in [2.05, 4.69) is 22.2 Å². The number of nitrogens with one attached hydrogen (secondary N) is 2. The van der Waals surface area contributed by atoms with Crippen molar-refractivity contribution in [3.63, 3.8) is 0 Å². The summed E-state index contributed by atoms with van der Waals surface area (Å²) in [5.74, 6) is -0.528. The Kier molecular flexibility index (Phi) is 7.43. The van der Waals surface area contributed by atoms with E-state index < -0.39 is 23.5 Å². The maximum atomic E-state index is 12.9. The van der Waals surface area contributed by atoms with Gasteiger partial charge in [-0.15, -0.1) is 0 Å². The Balaban J connectivity index is 2.13. The molecule has 2 heterocycles. The second kappa shape index (κ2) is 9.41. The van der Waals surface area contributed by atoms with Crippen molar-refractivity contribution in [3.05, 3.63) is 17.7 Å². The highest BCUT2D eigenvalue weighted by molar-refractivity contribution is 6.05. The summed E-state index contributed by atoms with van der Waals surface area (Å²) in [6, 6.07) is -0.808. The molecule has 1 aromatic heterocycles. The molecule has 0 bridgehead atoms. The number of aromatic nitrogens is 2. The summed E-state index contributed by atoms with van der Waals surface area (Å²) in [6.07, 6.45) is 3.64. The van der Waals surface area contributed by atoms with Gasteiger partial charge in [0, 0.05) is 13.1 Å². The number of nitrogens with zero attached hydrogens (tertiary/aromatic N) is 2. The molecular formula is C21H34N4O4. The van der Waals surface area contributed by atoms with Gasteiger partial charge in [-0.3, -0.25) is 9.59 Å². The lowest BCUT2D eigenvalue weighted by Gasteiger charge is -2.30. The van der Waals surface area contributed by atoms with Gasteiger partial charge < -0.3 is 19.9 Å². The number of ether oxygens (including phenoxy) is 1. The van der Waals surface area contributed by atoms with Crippen molar-refractivity contribution in [1.29, 1.82) is 0 Å². The first-order chi connectivity index (χ1) is 13.5. The maximum absolute atomic E-state index is 12.9. The molecule has 2 rings (SSSR count). The van der Waals surface area contributed by atoms with E-state index in [4.69, 9.17) is 4.74 Å². The van der Waals surface area contributed by atoms with Gasteiger partial charge in [0.1, 0.15) is 17.3 Å². The normalized spacial score (nSPS) is 16.6. The second-order valence-electron chi connectivity index (χ2n) is 9.29. The van der Waals surface area contributed by atoms with Gasteiger partial charge in [-0.1, -0.05) is 20.8 Å². The summed E-state index contributed by atoms with van der Waals surface area (Å²) in [7, 11) is 0. The molecule has 0 radical (unpaired) electrons. The third-order valence-electron chi connectivity index (χ3n) is 4.84. The summed E-state index contributed by atoms with van der Waals surface area (Å²) in [4.78, 5) is 46.9. The van der Waals surface area contributed by atoms with E-state index in [-0.39, 0.29) is 23.2 Å². The fourth-order valence-electron chi connectivity index (χ4n) is 3.28. The summed E-state index contributed by atoms with van der Waals surface area (Å²) < 4.78 is 5.44. The van der Waals surface area contributed by atoms with Gasteiger partial charge in [0.25, 0.3) is 11.8 Å². The molecule has 0 aromatic carbocycles. The van der Waals surface area contributed by atoms with Gasteiger partial charge in [0.2, 0.25) is 0 Å². The molecule has 1 atom stereocenters. The number of hydrogen-bond acceptors (Lipinski definition) is 5. The first-order valence-electron chi connectivity index (χ1n) is 10.3. The van der Waals surface area contributed by atoms with Gasteiger partial charge in [-0.25, -0.2) is 9.78 Å². The smallest absolute Gasteiger partial charge is 0.329 e. The Morgan fingerprint density at radius 2 is 1.90 bits per heavy atom. The number of carbonyl (C=O) groups is 3. The number of rotatable bonds is 6. The third kappa shape index (κ3) is 6.58. The van der Waals surface area contributed by atoms with E-state index in [1.807, 2.05) is 13.8 Å². The number of carbonyl (C=O) groups excluding carboxylic acids is 3. The molecule has 0 spiro atoms. The Morgan fingerprint density at radius 3 is 2.45 bits per heavy atom. The minimum Gasteiger partial charge on any atom is -0.458 e. The number of likely N-dealkylation sites (tertiary alicyclic amines) is 1. The fourth-order valence-corrected chi connectivity index (χ4v) is 3.28. The molecule has 162 valence electrons. The molecular weight excluding hydrogens is 372 g/mol. The third-order valence-corrected chi connectivity index (χ3v) is 4.84. The highest BCUT2D eigenvalue weighted by atomic mass is 16.6. The van der Waals surface area contributed by atoms with Crippen molar-refractivity contribution >= 4 is 17.8 Å². The first-order valence-corrected chi connectivity index (χ1v) is 10.3. The van der Waals surface area contributed by atoms with Crippen molar-refractivity contribution in [2.45, 2.75) is 72.4 Å². The number of aromatic amines is 1. The van der Waals surface area contributed by atoms with Gasteiger partial charge in [-0.2, -0.15) is 0 Å². The molecule has 0 aliphatic carbocycles. The van der Waals surface area contributed by atoms with Gasteiger partial charge in [-0.05, 0) is 51.9 Å². The molecule has 8 nitrogen and oxygen atoms in total. The topological polar surface area (TPSA) is 104 Å². The molecule has 1 aromatic rings. The van der Waals surface area contributed by atoms with E-state index in [1.54, 1.807) is 25.7 Å². The van der Waals surface area contributed by atoms with Crippen LogP contribution in [0.15, 0.2) is 6.33 Å². The predicted molar refractivity (Wildman–Crippen MR) is 109 cm³/mol. The lowest BCUT2D eigenvalue weighted by Crippen LogP contribution is -2.45. The van der Waals surface area contributed by atoms with Crippen LogP contribution in [0.1, 0.15) is 81.8 Å². The van der Waals surface area contributed by atoms with Gasteiger partial charge in [0.15, 0.2) is 5.69 Å². The lowest BCUT2D eigenvalue weighted by atomic mass is 9.99. The first kappa shape index (κ1) is 22.9. The van der Waals surface area contributed by atoms with E-state index in [1.165, 1.54) is 6.33 Å². The number of esters is 1. The van der Waals surface area contributed by atoms with Crippen LogP contribution >= 0.6 is 0 Å². The highest BCUT2D eigenvalue weighted by Gasteiger charge is 2.31. The Hall–Kier alpha value is -2.38. The lowest BCUT2D eigenvalue weighted by molar-refractivity contribution is -0.157. The Labute approximate surface area is 172 Å². The summed E-state index contributed by atoms with van der Waals surface area (Å²) in [6.45, 7) is 12.8. The number of H-pyrrole nitrogens is 1. The number of hydrogen-bond donors (Lipinski definition) is 2. The highest BCUT2D eigenvalue weighted by Crippen LogP contribution is 2.19. The van der Waals surface area contributed by atoms with Crippen molar-refractivity contribution in [2.75, 3.05) is 13.1 Å². The fraction of sp³-hybridized carbons (Fsp3) is 0.714. The van der Waals surface area contributed by atoms with Crippen LogP contribution in [0.4, 0.5) is 0 Å². The molecule has 1 aliphatic rings. The molecule has 1 saturated heterocycles. The van der Waals surface area contributed by atoms with Crippen molar-refractivity contribution < 1.29 is 19.1 Å². The number of amides is 2. The van der Waals surface area contributed by atoms with E-state index in [0.29, 0.717) is 25.4 Å². The predicted octanol–water partition coefficient (Wildman–Crippen LogP) is 2.77. The van der Waals surface area contributed by atoms with Crippen molar-refractivity contribution in [3.8, 4) is 0 Å². The van der Waals surface area contributed by atoms with Crippen LogP contribution in [0, 0.1) is 11.8 Å². The number of piperidine rings is 1. The Morgan fingerprint density at radius 1 is 1.28 bits per heavy atom. The average molecular weight is 407 g/mol. The molecule has 8 heteroatoms. The van der Waals surface area contributed by atoms with Crippen LogP contribution in [-0.4, -0.2) is 57.4 Å². The van der Waals surface area contributed by atoms with Crippen LogP contribution in [-0.2, 0) is 9.53 Å². The van der Waals surface area contributed by atoms with E-state index in [9.17, 15) is 14.4 Å². The van der Waals surface area contributed by atoms with E-state index >= 15 is 0 Å². The zero-order chi connectivity index (χ0) is 21.8. The molecule has 1 unspecified atom stereocenters. The minimum atomic E-state index is -0.808. The van der Waals surface area contributed by atoms with Gasteiger partial charge >= 0.3 is 5.97 Å². The molecule has 2 amide bonds. The monoisotopic (exact) mass is 406 g/mol. The van der Waals surface area contributed by atoms with Gasteiger partial charge in [0.05, 0.1) is 6.33 Å². The molecule has 0 saturated carbocycles. The van der Waals surface area contributed by atoms with Crippen LogP contribution < -0.4 is 5.32 Å². The van der Waals surface area contributed by atoms with E-state index in [0.717, 1.165) is 12.8 Å². The molecule has 1 fully saturated rings. The van der Waals surface area contributed by atoms with Crippen molar-refractivity contribution in [2.24, 2.45) is 11.8 Å². The quantitative estimate of drug-likeness (QED) is 0.707. The van der Waals surface area contributed by atoms with Crippen molar-refractivity contribution in [1.82, 2.24) is 20.2 Å². The number of imidazole rings is 1. The zero-order valence-corrected chi connectivity index (χ0v) is 18.4. The molecule has 2 N–H and O–H groups in total. The SMILES string of the molecule is CC(C)CC(NC(=O)c1nc[nH]c1C(=O)N1CCC(C)CC1)C(=O)OC(C)(C)C. The molecule has 1 aliphatic heterocycles. The summed E-state index contributed by atoms with van der Waals surface area (Å²) >= 11 is 0. The maximum Gasteiger partial charge on any atom is 0.329 e. The summed E-state index contributed by atoms with van der Waals surface area (Å²) in [5.41, 5.74) is -0.494. The minimum absolute atomic E-state index is 0.00550.